The number of pyridine rings is 1. The molecule has 2 atom stereocenters. The molecule has 2 aromatic rings. The molecule has 0 amide bonds. The number of nitrogens with one attached hydrogen (secondary N) is 1. The van der Waals surface area contributed by atoms with Crippen molar-refractivity contribution in [1.29, 1.82) is 0 Å². The Bertz CT molecular complexity index is 796. The molecule has 4 heterocycles. The summed E-state index contributed by atoms with van der Waals surface area (Å²) in [5.41, 5.74) is 0.199. The number of hydrogen-bond donors (Lipinski definition) is 1. The molecule has 0 bridgehead atoms. The predicted molar refractivity (Wildman–Crippen MR) is 98.1 cm³/mol. The van der Waals surface area contributed by atoms with Gasteiger partial charge in [-0.2, -0.15) is 18.2 Å². The van der Waals surface area contributed by atoms with Crippen molar-refractivity contribution in [2.24, 2.45) is 5.92 Å². The van der Waals surface area contributed by atoms with Gasteiger partial charge in [-0.05, 0) is 37.0 Å². The monoisotopic (exact) mass is 393 g/mol. The normalized spacial score (nSPS) is 22.6. The van der Waals surface area contributed by atoms with Gasteiger partial charge in [0.15, 0.2) is 5.69 Å². The third kappa shape index (κ3) is 4.35. The van der Waals surface area contributed by atoms with Crippen LogP contribution in [0.3, 0.4) is 0 Å². The van der Waals surface area contributed by atoms with Gasteiger partial charge in [-0.3, -0.25) is 4.98 Å². The average Bonchev–Trinajstić information content (AvgIpc) is 3.34. The fourth-order valence-corrected chi connectivity index (χ4v) is 3.68. The van der Waals surface area contributed by atoms with Gasteiger partial charge in [-0.25, -0.2) is 4.98 Å². The summed E-state index contributed by atoms with van der Waals surface area (Å²) >= 11 is 0. The van der Waals surface area contributed by atoms with Gasteiger partial charge in [-0.15, -0.1) is 0 Å². The molecule has 2 aliphatic rings. The van der Waals surface area contributed by atoms with E-state index in [1.807, 2.05) is 12.1 Å². The van der Waals surface area contributed by atoms with Crippen LogP contribution in [0.15, 0.2) is 30.6 Å². The minimum absolute atomic E-state index is 0.115. The highest BCUT2D eigenvalue weighted by molar-refractivity contribution is 5.46. The Morgan fingerprint density at radius 1 is 1.11 bits per heavy atom. The number of rotatable bonds is 5. The smallest absolute Gasteiger partial charge is 0.379 e. The molecule has 150 valence electrons. The third-order valence-corrected chi connectivity index (χ3v) is 5.17. The molecule has 0 spiro atoms. The standard InChI is InChI=1S/C19H22F3N5O/c20-19(21,22)16-10-17(26-18(25-16)27-7-1-2-8-27)24-15-12-28-11-14(15)9-13-3-5-23-6-4-13/h3-6,10,14-15H,1-2,7-9,11-12H2,(H,24,25,26)/t14-,15-/m1/s1. The summed E-state index contributed by atoms with van der Waals surface area (Å²) in [5, 5.41) is 3.17. The number of nitrogens with zero attached hydrogens (tertiary/aromatic N) is 4. The maximum atomic E-state index is 13.3. The summed E-state index contributed by atoms with van der Waals surface area (Å²) in [6.07, 6.45) is 1.58. The van der Waals surface area contributed by atoms with Crippen molar-refractivity contribution in [3.8, 4) is 0 Å². The predicted octanol–water partition coefficient (Wildman–Crippen LogP) is 3.16. The second-order valence-corrected chi connectivity index (χ2v) is 7.24. The van der Waals surface area contributed by atoms with Crippen LogP contribution in [-0.4, -0.2) is 47.3 Å². The minimum atomic E-state index is -4.52. The van der Waals surface area contributed by atoms with Crippen LogP contribution in [0.5, 0.6) is 0 Å². The van der Waals surface area contributed by atoms with Crippen molar-refractivity contribution in [3.05, 3.63) is 41.9 Å². The van der Waals surface area contributed by atoms with Crippen molar-refractivity contribution in [2.45, 2.75) is 31.5 Å². The van der Waals surface area contributed by atoms with Crippen molar-refractivity contribution >= 4 is 11.8 Å². The first-order chi connectivity index (χ1) is 13.5. The number of halogens is 3. The van der Waals surface area contributed by atoms with E-state index in [9.17, 15) is 13.2 Å². The first kappa shape index (κ1) is 18.9. The van der Waals surface area contributed by atoms with Gasteiger partial charge in [0.05, 0.1) is 19.3 Å². The molecule has 6 nitrogen and oxygen atoms in total. The molecular weight excluding hydrogens is 371 g/mol. The van der Waals surface area contributed by atoms with Crippen LogP contribution < -0.4 is 10.2 Å². The molecule has 0 aliphatic carbocycles. The van der Waals surface area contributed by atoms with Gasteiger partial charge in [-0.1, -0.05) is 0 Å². The largest absolute Gasteiger partial charge is 0.433 e. The number of alkyl halides is 3. The zero-order valence-corrected chi connectivity index (χ0v) is 15.3. The van der Waals surface area contributed by atoms with Gasteiger partial charge in [0.1, 0.15) is 5.82 Å². The van der Waals surface area contributed by atoms with E-state index < -0.39 is 11.9 Å². The van der Waals surface area contributed by atoms with Crippen molar-refractivity contribution in [2.75, 3.05) is 36.5 Å². The molecule has 0 aromatic carbocycles. The van der Waals surface area contributed by atoms with E-state index in [0.717, 1.165) is 30.9 Å². The molecule has 0 saturated carbocycles. The van der Waals surface area contributed by atoms with Crippen molar-refractivity contribution < 1.29 is 17.9 Å². The summed E-state index contributed by atoms with van der Waals surface area (Å²) in [6.45, 7) is 2.34. The van der Waals surface area contributed by atoms with Crippen LogP contribution in [0.2, 0.25) is 0 Å². The number of ether oxygens (including phenoxy) is 1. The Morgan fingerprint density at radius 3 is 2.57 bits per heavy atom. The summed E-state index contributed by atoms with van der Waals surface area (Å²) < 4.78 is 45.6. The molecule has 0 unspecified atom stereocenters. The Labute approximate surface area is 161 Å². The van der Waals surface area contributed by atoms with Gasteiger partial charge in [0.25, 0.3) is 0 Å². The zero-order chi connectivity index (χ0) is 19.6. The molecular formula is C19H22F3N5O. The first-order valence-electron chi connectivity index (χ1n) is 9.43. The number of aromatic nitrogens is 3. The molecule has 1 N–H and O–H groups in total. The fraction of sp³-hybridized carbons (Fsp3) is 0.526. The molecule has 2 fully saturated rings. The SMILES string of the molecule is FC(F)(F)c1cc(N[C@@H]2COC[C@H]2Cc2ccncc2)nc(N2CCCC2)n1. The van der Waals surface area contributed by atoms with Crippen LogP contribution in [0.1, 0.15) is 24.1 Å². The number of anilines is 2. The van der Waals surface area contributed by atoms with E-state index in [2.05, 4.69) is 20.3 Å². The lowest BCUT2D eigenvalue weighted by molar-refractivity contribution is -0.141. The molecule has 4 rings (SSSR count). The quantitative estimate of drug-likeness (QED) is 0.842. The highest BCUT2D eigenvalue weighted by Crippen LogP contribution is 2.32. The van der Waals surface area contributed by atoms with E-state index in [1.54, 1.807) is 17.3 Å². The summed E-state index contributed by atoms with van der Waals surface area (Å²) in [7, 11) is 0. The van der Waals surface area contributed by atoms with E-state index in [0.29, 0.717) is 26.3 Å². The van der Waals surface area contributed by atoms with E-state index >= 15 is 0 Å². The van der Waals surface area contributed by atoms with Crippen molar-refractivity contribution in [1.82, 2.24) is 15.0 Å². The van der Waals surface area contributed by atoms with Crippen LogP contribution in [0.25, 0.3) is 0 Å². The van der Waals surface area contributed by atoms with Gasteiger partial charge >= 0.3 is 6.18 Å². The zero-order valence-electron chi connectivity index (χ0n) is 15.3. The maximum Gasteiger partial charge on any atom is 0.433 e. The summed E-state index contributed by atoms with van der Waals surface area (Å²) in [4.78, 5) is 13.9. The van der Waals surface area contributed by atoms with Crippen molar-refractivity contribution in [3.63, 3.8) is 0 Å². The number of hydrogen-bond acceptors (Lipinski definition) is 6. The van der Waals surface area contributed by atoms with E-state index in [4.69, 9.17) is 4.74 Å². The van der Waals surface area contributed by atoms with Crippen LogP contribution in [0, 0.1) is 5.92 Å². The Kier molecular flexibility index (Phi) is 5.34. The molecule has 0 radical (unpaired) electrons. The lowest BCUT2D eigenvalue weighted by Gasteiger charge is -2.22. The topological polar surface area (TPSA) is 63.2 Å². The lowest BCUT2D eigenvalue weighted by Crippen LogP contribution is -2.30. The second kappa shape index (κ2) is 7.90. The van der Waals surface area contributed by atoms with Crippen LogP contribution in [0.4, 0.5) is 24.9 Å². The Morgan fingerprint density at radius 2 is 1.86 bits per heavy atom. The second-order valence-electron chi connectivity index (χ2n) is 7.24. The molecule has 2 saturated heterocycles. The fourth-order valence-electron chi connectivity index (χ4n) is 3.68. The van der Waals surface area contributed by atoms with Gasteiger partial charge in [0, 0.05) is 37.5 Å². The molecule has 9 heteroatoms. The van der Waals surface area contributed by atoms with E-state index in [-0.39, 0.29) is 23.7 Å². The summed E-state index contributed by atoms with van der Waals surface area (Å²) in [5.74, 6) is 0.473. The van der Waals surface area contributed by atoms with Crippen LogP contribution in [-0.2, 0) is 17.3 Å². The highest BCUT2D eigenvalue weighted by atomic mass is 19.4. The van der Waals surface area contributed by atoms with Gasteiger partial charge < -0.3 is 15.0 Å². The first-order valence-corrected chi connectivity index (χ1v) is 9.43. The lowest BCUT2D eigenvalue weighted by atomic mass is 9.95. The Balaban J connectivity index is 1.55. The third-order valence-electron chi connectivity index (χ3n) is 5.17. The average molecular weight is 393 g/mol. The highest BCUT2D eigenvalue weighted by Gasteiger charge is 2.35. The summed E-state index contributed by atoms with van der Waals surface area (Å²) in [6, 6.07) is 4.75. The van der Waals surface area contributed by atoms with E-state index in [1.165, 1.54) is 0 Å². The minimum Gasteiger partial charge on any atom is -0.379 e. The van der Waals surface area contributed by atoms with Crippen LogP contribution >= 0.6 is 0 Å². The maximum absolute atomic E-state index is 13.3. The molecule has 2 aliphatic heterocycles. The molecule has 2 aromatic heterocycles. The van der Waals surface area contributed by atoms with Gasteiger partial charge in [0.2, 0.25) is 5.95 Å². The molecule has 28 heavy (non-hydrogen) atoms. The Hall–Kier alpha value is -2.42.